The van der Waals surface area contributed by atoms with Crippen molar-refractivity contribution in [3.8, 4) is 0 Å². The van der Waals surface area contributed by atoms with E-state index in [0.29, 0.717) is 17.9 Å². The highest BCUT2D eigenvalue weighted by Gasteiger charge is 2.19. The zero-order chi connectivity index (χ0) is 10.6. The monoisotopic (exact) mass is 214 g/mol. The van der Waals surface area contributed by atoms with Crippen LogP contribution in [0.15, 0.2) is 4.99 Å². The molecule has 0 spiro atoms. The second-order valence-electron chi connectivity index (χ2n) is 4.67. The Labute approximate surface area is 92.0 Å². The minimum absolute atomic E-state index is 0.627. The van der Waals surface area contributed by atoms with Gasteiger partial charge < -0.3 is 5.32 Å². The first-order valence-corrected chi connectivity index (χ1v) is 6.52. The van der Waals surface area contributed by atoms with Crippen molar-refractivity contribution in [2.45, 2.75) is 40.2 Å². The first-order valence-electron chi connectivity index (χ1n) is 5.53. The van der Waals surface area contributed by atoms with Crippen LogP contribution in [0, 0.1) is 11.8 Å². The van der Waals surface area contributed by atoms with E-state index in [9.17, 15) is 0 Å². The molecule has 3 heteroatoms. The molecule has 2 nitrogen and oxygen atoms in total. The Balaban J connectivity index is 2.43. The van der Waals surface area contributed by atoms with Crippen molar-refractivity contribution >= 4 is 16.9 Å². The Morgan fingerprint density at radius 3 is 2.71 bits per heavy atom. The molecular formula is C11H22N2S. The quantitative estimate of drug-likeness (QED) is 0.781. The van der Waals surface area contributed by atoms with Gasteiger partial charge in [0.25, 0.3) is 0 Å². The lowest BCUT2D eigenvalue weighted by molar-refractivity contribution is 0.442. The molecule has 0 aromatic heterocycles. The minimum Gasteiger partial charge on any atom is -0.362 e. The number of rotatable bonds is 3. The number of amidine groups is 1. The Bertz CT molecular complexity index is 199. The molecule has 1 atom stereocenters. The van der Waals surface area contributed by atoms with Gasteiger partial charge in [-0.25, -0.2) is 0 Å². The molecule has 1 aliphatic heterocycles. The smallest absolute Gasteiger partial charge is 0.156 e. The standard InChI is InChI=1S/C11H22N2S/c1-8(2)7-12-11-13-10(9(3)4)5-6-14-11/h8-10H,5-7H2,1-4H3,(H,12,13). The Kier molecular flexibility index (Phi) is 4.79. The van der Waals surface area contributed by atoms with E-state index in [1.165, 1.54) is 12.2 Å². The van der Waals surface area contributed by atoms with Crippen molar-refractivity contribution in [1.82, 2.24) is 5.32 Å². The van der Waals surface area contributed by atoms with Gasteiger partial charge in [-0.2, -0.15) is 0 Å². The number of hydrogen-bond donors (Lipinski definition) is 1. The maximum Gasteiger partial charge on any atom is 0.156 e. The summed E-state index contributed by atoms with van der Waals surface area (Å²) < 4.78 is 0. The van der Waals surface area contributed by atoms with Crippen molar-refractivity contribution in [1.29, 1.82) is 0 Å². The lowest BCUT2D eigenvalue weighted by Crippen LogP contribution is -2.41. The van der Waals surface area contributed by atoms with E-state index in [-0.39, 0.29) is 0 Å². The van der Waals surface area contributed by atoms with Gasteiger partial charge in [0.2, 0.25) is 0 Å². The predicted octanol–water partition coefficient (Wildman–Crippen LogP) is 2.75. The molecule has 1 unspecified atom stereocenters. The van der Waals surface area contributed by atoms with E-state index in [0.717, 1.165) is 11.7 Å². The Morgan fingerprint density at radius 2 is 2.14 bits per heavy atom. The van der Waals surface area contributed by atoms with Crippen molar-refractivity contribution in [2.75, 3.05) is 12.3 Å². The van der Waals surface area contributed by atoms with Crippen LogP contribution < -0.4 is 5.32 Å². The molecule has 0 amide bonds. The molecule has 1 heterocycles. The van der Waals surface area contributed by atoms with Crippen molar-refractivity contribution < 1.29 is 0 Å². The van der Waals surface area contributed by atoms with Gasteiger partial charge in [-0.15, -0.1) is 0 Å². The summed E-state index contributed by atoms with van der Waals surface area (Å²) in [5, 5.41) is 4.68. The minimum atomic E-state index is 0.627. The highest BCUT2D eigenvalue weighted by Crippen LogP contribution is 2.18. The fraction of sp³-hybridized carbons (Fsp3) is 0.909. The highest BCUT2D eigenvalue weighted by molar-refractivity contribution is 8.13. The van der Waals surface area contributed by atoms with Crippen LogP contribution in [0.2, 0.25) is 0 Å². The predicted molar refractivity (Wildman–Crippen MR) is 66.0 cm³/mol. The topological polar surface area (TPSA) is 24.4 Å². The second kappa shape index (κ2) is 5.64. The van der Waals surface area contributed by atoms with Crippen LogP contribution in [0.3, 0.4) is 0 Å². The normalized spacial score (nSPS) is 25.9. The Hall–Kier alpha value is -0.180. The maximum atomic E-state index is 4.58. The first-order chi connectivity index (χ1) is 6.59. The molecule has 0 aliphatic carbocycles. The third-order valence-electron chi connectivity index (χ3n) is 2.38. The van der Waals surface area contributed by atoms with E-state index in [2.05, 4.69) is 38.0 Å². The van der Waals surface area contributed by atoms with Gasteiger partial charge in [-0.05, 0) is 18.3 Å². The number of thioether (sulfide) groups is 1. The molecule has 82 valence electrons. The largest absolute Gasteiger partial charge is 0.362 e. The molecule has 0 aromatic rings. The zero-order valence-electron chi connectivity index (χ0n) is 9.71. The van der Waals surface area contributed by atoms with E-state index in [1.807, 2.05) is 11.8 Å². The lowest BCUT2D eigenvalue weighted by Gasteiger charge is -2.28. The first kappa shape index (κ1) is 11.9. The number of nitrogens with one attached hydrogen (secondary N) is 1. The summed E-state index contributed by atoms with van der Waals surface area (Å²) in [7, 11) is 0. The Morgan fingerprint density at radius 1 is 1.43 bits per heavy atom. The molecule has 0 bridgehead atoms. The van der Waals surface area contributed by atoms with Gasteiger partial charge in [0, 0.05) is 18.3 Å². The fourth-order valence-electron chi connectivity index (χ4n) is 1.41. The summed E-state index contributed by atoms with van der Waals surface area (Å²) in [5.74, 6) is 2.58. The average molecular weight is 214 g/mol. The zero-order valence-corrected chi connectivity index (χ0v) is 10.5. The SMILES string of the molecule is CC(C)CN=C1NC(C(C)C)CCS1. The van der Waals surface area contributed by atoms with Crippen LogP contribution in [-0.2, 0) is 0 Å². The lowest BCUT2D eigenvalue weighted by atomic mass is 10.0. The number of nitrogens with zero attached hydrogens (tertiary/aromatic N) is 1. The fourth-order valence-corrected chi connectivity index (χ4v) is 2.38. The van der Waals surface area contributed by atoms with Crippen LogP contribution in [0.1, 0.15) is 34.1 Å². The van der Waals surface area contributed by atoms with Crippen LogP contribution in [0.25, 0.3) is 0 Å². The second-order valence-corrected chi connectivity index (χ2v) is 5.76. The van der Waals surface area contributed by atoms with E-state index in [1.54, 1.807) is 0 Å². The molecule has 14 heavy (non-hydrogen) atoms. The molecule has 1 aliphatic rings. The molecule has 1 N–H and O–H groups in total. The molecular weight excluding hydrogens is 192 g/mol. The molecule has 1 fully saturated rings. The van der Waals surface area contributed by atoms with E-state index < -0.39 is 0 Å². The number of aliphatic imine (C=N–C) groups is 1. The summed E-state index contributed by atoms with van der Waals surface area (Å²) in [4.78, 5) is 4.58. The average Bonchev–Trinajstić information content (AvgIpc) is 2.15. The van der Waals surface area contributed by atoms with Gasteiger partial charge in [-0.3, -0.25) is 4.99 Å². The summed E-state index contributed by atoms with van der Waals surface area (Å²) in [5.41, 5.74) is 0. The summed E-state index contributed by atoms with van der Waals surface area (Å²) in [6, 6.07) is 0.627. The summed E-state index contributed by atoms with van der Waals surface area (Å²) >= 11 is 1.87. The third-order valence-corrected chi connectivity index (χ3v) is 3.34. The van der Waals surface area contributed by atoms with Gasteiger partial charge in [-0.1, -0.05) is 39.5 Å². The summed E-state index contributed by atoms with van der Waals surface area (Å²) in [6.07, 6.45) is 1.27. The van der Waals surface area contributed by atoms with Crippen LogP contribution >= 0.6 is 11.8 Å². The van der Waals surface area contributed by atoms with Crippen molar-refractivity contribution in [3.63, 3.8) is 0 Å². The van der Waals surface area contributed by atoms with Gasteiger partial charge in [0.15, 0.2) is 5.17 Å². The van der Waals surface area contributed by atoms with Crippen molar-refractivity contribution in [2.24, 2.45) is 16.8 Å². The molecule has 1 rings (SSSR count). The maximum absolute atomic E-state index is 4.58. The van der Waals surface area contributed by atoms with Crippen LogP contribution in [-0.4, -0.2) is 23.5 Å². The van der Waals surface area contributed by atoms with Crippen LogP contribution in [0.4, 0.5) is 0 Å². The molecule has 0 aromatic carbocycles. The highest BCUT2D eigenvalue weighted by atomic mass is 32.2. The van der Waals surface area contributed by atoms with E-state index in [4.69, 9.17) is 0 Å². The van der Waals surface area contributed by atoms with Gasteiger partial charge >= 0.3 is 0 Å². The third kappa shape index (κ3) is 3.91. The van der Waals surface area contributed by atoms with Crippen LogP contribution in [0.5, 0.6) is 0 Å². The molecule has 0 radical (unpaired) electrons. The molecule has 0 saturated carbocycles. The summed E-state index contributed by atoms with van der Waals surface area (Å²) in [6.45, 7) is 9.90. The number of hydrogen-bond acceptors (Lipinski definition) is 2. The van der Waals surface area contributed by atoms with Crippen molar-refractivity contribution in [3.05, 3.63) is 0 Å². The van der Waals surface area contributed by atoms with E-state index >= 15 is 0 Å². The molecule has 1 saturated heterocycles. The van der Waals surface area contributed by atoms with Gasteiger partial charge in [0.1, 0.15) is 0 Å². The van der Waals surface area contributed by atoms with Gasteiger partial charge in [0.05, 0.1) is 0 Å².